The van der Waals surface area contributed by atoms with Crippen LogP contribution in [0.25, 0.3) is 11.3 Å². The summed E-state index contributed by atoms with van der Waals surface area (Å²) < 4.78 is 16.8. The molecule has 6 aromatic rings. The number of hydrogen-bond donors (Lipinski definition) is 3. The molecule has 0 atom stereocenters. The zero-order valence-electron chi connectivity index (χ0n) is 34.2. The Morgan fingerprint density at radius 1 is 0.613 bits per heavy atom. The van der Waals surface area contributed by atoms with Crippen LogP contribution in [0.1, 0.15) is 63.7 Å². The minimum Gasteiger partial charge on any atom is -0.444 e. The third kappa shape index (κ3) is 12.4. The SMILES string of the molecule is CC(C)(C)OC(=O)Nc1ccc(-c2ccccc2)nc1NC(=O)c1ccc(CN(C(=O)OCc2cccnc2)N(Cc2ccc(C(N)=O)cc2)C(=O)OCc2cccnc2)cc1. The van der Waals surface area contributed by atoms with E-state index in [0.717, 1.165) is 15.6 Å². The number of pyridine rings is 3. The largest absolute Gasteiger partial charge is 0.444 e. The minimum atomic E-state index is -0.892. The van der Waals surface area contributed by atoms with Crippen LogP contribution in [0.2, 0.25) is 0 Å². The summed E-state index contributed by atoms with van der Waals surface area (Å²) in [6.45, 7) is 4.51. The number of nitrogens with one attached hydrogen (secondary N) is 2. The monoisotopic (exact) mass is 836 g/mol. The molecule has 0 fully saturated rings. The molecule has 0 aliphatic heterocycles. The van der Waals surface area contributed by atoms with Crippen molar-refractivity contribution in [1.82, 2.24) is 25.0 Å². The van der Waals surface area contributed by atoms with Gasteiger partial charge in [0, 0.05) is 52.6 Å². The van der Waals surface area contributed by atoms with Gasteiger partial charge in [0.25, 0.3) is 5.91 Å². The number of nitrogens with two attached hydrogens (primary N) is 1. The number of anilines is 2. The maximum Gasteiger partial charge on any atom is 0.429 e. The molecule has 16 heteroatoms. The van der Waals surface area contributed by atoms with Crippen molar-refractivity contribution in [2.75, 3.05) is 10.6 Å². The Morgan fingerprint density at radius 3 is 1.63 bits per heavy atom. The number of carbonyl (C=O) groups excluding carboxylic acids is 5. The fraction of sp³-hybridized carbons (Fsp3) is 0.174. The molecule has 3 heterocycles. The highest BCUT2D eigenvalue weighted by atomic mass is 16.6. The average molecular weight is 837 g/mol. The molecule has 316 valence electrons. The normalized spacial score (nSPS) is 10.8. The molecule has 5 amide bonds. The van der Waals surface area contributed by atoms with Crippen molar-refractivity contribution >= 4 is 41.6 Å². The summed E-state index contributed by atoms with van der Waals surface area (Å²) in [4.78, 5) is 79.1. The van der Waals surface area contributed by atoms with Crippen molar-refractivity contribution in [3.63, 3.8) is 0 Å². The first-order chi connectivity index (χ1) is 29.8. The van der Waals surface area contributed by atoms with Crippen molar-refractivity contribution in [1.29, 1.82) is 0 Å². The molecular weight excluding hydrogens is 793 g/mol. The number of amides is 5. The molecule has 0 aliphatic rings. The Morgan fingerprint density at radius 2 is 1.15 bits per heavy atom. The molecule has 4 N–H and O–H groups in total. The molecule has 0 radical (unpaired) electrons. The molecule has 0 unspecified atom stereocenters. The molecule has 62 heavy (non-hydrogen) atoms. The quantitative estimate of drug-likeness (QED) is 0.0747. The predicted octanol–water partition coefficient (Wildman–Crippen LogP) is 8.13. The summed E-state index contributed by atoms with van der Waals surface area (Å²) >= 11 is 0. The molecular formula is C46H44N8O8. The Labute approximate surface area is 357 Å². The number of ether oxygens (including phenoxy) is 3. The van der Waals surface area contributed by atoms with E-state index in [0.29, 0.717) is 27.9 Å². The van der Waals surface area contributed by atoms with Gasteiger partial charge >= 0.3 is 18.3 Å². The first-order valence-electron chi connectivity index (χ1n) is 19.3. The molecule has 0 saturated carbocycles. The number of aromatic nitrogens is 3. The van der Waals surface area contributed by atoms with E-state index in [1.54, 1.807) is 118 Å². The molecule has 6 rings (SSSR count). The lowest BCUT2D eigenvalue weighted by Gasteiger charge is -2.33. The first-order valence-corrected chi connectivity index (χ1v) is 19.3. The van der Waals surface area contributed by atoms with Crippen LogP contribution in [0.4, 0.5) is 25.9 Å². The van der Waals surface area contributed by atoms with Gasteiger partial charge in [0.1, 0.15) is 18.8 Å². The Hall–Kier alpha value is -8.14. The lowest BCUT2D eigenvalue weighted by atomic mass is 10.1. The van der Waals surface area contributed by atoms with E-state index in [1.165, 1.54) is 12.1 Å². The molecule has 0 spiro atoms. The van der Waals surface area contributed by atoms with Gasteiger partial charge in [-0.15, -0.1) is 0 Å². The summed E-state index contributed by atoms with van der Waals surface area (Å²) in [6, 6.07) is 32.1. The smallest absolute Gasteiger partial charge is 0.429 e. The second kappa shape index (κ2) is 20.2. The van der Waals surface area contributed by atoms with E-state index in [2.05, 4.69) is 25.6 Å². The topological polar surface area (TPSA) is 208 Å². The summed E-state index contributed by atoms with van der Waals surface area (Å²) in [5, 5.41) is 7.65. The number of hydrazine groups is 1. The van der Waals surface area contributed by atoms with Gasteiger partial charge in [0.2, 0.25) is 5.91 Å². The van der Waals surface area contributed by atoms with E-state index in [-0.39, 0.29) is 48.9 Å². The third-order valence-corrected chi connectivity index (χ3v) is 8.83. The number of rotatable bonds is 13. The lowest BCUT2D eigenvalue weighted by Crippen LogP contribution is -2.49. The molecule has 0 saturated heterocycles. The lowest BCUT2D eigenvalue weighted by molar-refractivity contribution is -0.0356. The van der Waals surface area contributed by atoms with Crippen molar-refractivity contribution in [3.05, 3.63) is 173 Å². The predicted molar refractivity (Wildman–Crippen MR) is 229 cm³/mol. The fourth-order valence-electron chi connectivity index (χ4n) is 5.80. The average Bonchev–Trinajstić information content (AvgIpc) is 3.27. The van der Waals surface area contributed by atoms with Gasteiger partial charge in [-0.3, -0.25) is 24.9 Å². The van der Waals surface area contributed by atoms with Gasteiger partial charge in [-0.1, -0.05) is 66.7 Å². The summed E-state index contributed by atoms with van der Waals surface area (Å²) in [5.74, 6) is -1.09. The van der Waals surface area contributed by atoms with Crippen LogP contribution in [0.3, 0.4) is 0 Å². The Balaban J connectivity index is 1.27. The van der Waals surface area contributed by atoms with E-state index < -0.39 is 35.7 Å². The summed E-state index contributed by atoms with van der Waals surface area (Å²) in [5.41, 5.74) is 8.97. The summed E-state index contributed by atoms with van der Waals surface area (Å²) in [6.07, 6.45) is 3.76. The molecule has 3 aromatic carbocycles. The van der Waals surface area contributed by atoms with Crippen molar-refractivity contribution in [2.24, 2.45) is 5.73 Å². The zero-order valence-corrected chi connectivity index (χ0v) is 34.2. The van der Waals surface area contributed by atoms with Gasteiger partial charge in [0.05, 0.1) is 24.5 Å². The van der Waals surface area contributed by atoms with Crippen molar-refractivity contribution < 1.29 is 38.2 Å². The van der Waals surface area contributed by atoms with E-state index in [9.17, 15) is 24.0 Å². The third-order valence-electron chi connectivity index (χ3n) is 8.83. The van der Waals surface area contributed by atoms with Gasteiger partial charge in [0.15, 0.2) is 5.82 Å². The highest BCUT2D eigenvalue weighted by Gasteiger charge is 2.30. The van der Waals surface area contributed by atoms with Gasteiger partial charge in [-0.05, 0) is 80.4 Å². The zero-order chi connectivity index (χ0) is 44.1. The second-order valence-corrected chi connectivity index (χ2v) is 14.7. The number of benzene rings is 3. The van der Waals surface area contributed by atoms with Crippen molar-refractivity contribution in [2.45, 2.75) is 52.7 Å². The van der Waals surface area contributed by atoms with Crippen LogP contribution in [0.15, 0.2) is 140 Å². The van der Waals surface area contributed by atoms with Gasteiger partial charge in [-0.2, -0.15) is 0 Å². The Kier molecular flexibility index (Phi) is 14.2. The second-order valence-electron chi connectivity index (χ2n) is 14.7. The highest BCUT2D eigenvalue weighted by Crippen LogP contribution is 2.27. The van der Waals surface area contributed by atoms with E-state index in [1.807, 2.05) is 30.3 Å². The van der Waals surface area contributed by atoms with Crippen molar-refractivity contribution in [3.8, 4) is 11.3 Å². The van der Waals surface area contributed by atoms with Crippen LogP contribution in [-0.4, -0.2) is 60.7 Å². The molecule has 0 aliphatic carbocycles. The standard InChI is InChI=1S/C46H44N8O8/c1-46(2,3)62-43(57)51-39-22-21-38(35-11-5-4-6-12-35)50-41(39)52-42(56)37-19-15-32(16-20-37)28-54(45(59)61-30-34-10-8-24-49-26-34)53(27-31-13-17-36(18-14-31)40(47)55)44(58)60-29-33-9-7-23-48-25-33/h4-26H,27-30H2,1-3H3,(H2,47,55)(H,51,57)(H,50,52,56). The van der Waals surface area contributed by atoms with Crippen LogP contribution in [0, 0.1) is 0 Å². The van der Waals surface area contributed by atoms with E-state index in [4.69, 9.17) is 19.9 Å². The summed E-state index contributed by atoms with van der Waals surface area (Å²) in [7, 11) is 0. The Bertz CT molecular complexity index is 2480. The van der Waals surface area contributed by atoms with Gasteiger partial charge in [-0.25, -0.2) is 29.4 Å². The van der Waals surface area contributed by atoms with Crippen LogP contribution in [-0.2, 0) is 40.5 Å². The number of carbonyl (C=O) groups is 5. The van der Waals surface area contributed by atoms with Crippen LogP contribution >= 0.6 is 0 Å². The molecule has 3 aromatic heterocycles. The number of primary amides is 1. The highest BCUT2D eigenvalue weighted by molar-refractivity contribution is 6.06. The maximum absolute atomic E-state index is 14.0. The number of hydrogen-bond acceptors (Lipinski definition) is 11. The molecule has 16 nitrogen and oxygen atoms in total. The first kappa shape index (κ1) is 43.4. The maximum atomic E-state index is 14.0. The van der Waals surface area contributed by atoms with Crippen LogP contribution in [0.5, 0.6) is 0 Å². The van der Waals surface area contributed by atoms with Gasteiger partial charge < -0.3 is 25.3 Å². The molecule has 0 bridgehead atoms. The van der Waals surface area contributed by atoms with E-state index >= 15 is 0 Å². The number of nitrogens with zero attached hydrogens (tertiary/aromatic N) is 5. The minimum absolute atomic E-state index is 0.0816. The fourth-order valence-corrected chi connectivity index (χ4v) is 5.80. The van der Waals surface area contributed by atoms with Crippen LogP contribution < -0.4 is 16.4 Å².